The number of nitrogens with one attached hydrogen (secondary N) is 1. The minimum Gasteiger partial charge on any atom is -0.366 e. The maximum atomic E-state index is 12.5. The lowest BCUT2D eigenvalue weighted by Crippen LogP contribution is -2.53. The fourth-order valence-corrected chi connectivity index (χ4v) is 4.07. The summed E-state index contributed by atoms with van der Waals surface area (Å²) in [5.74, 6) is 0.312. The molecule has 0 radical (unpaired) electrons. The van der Waals surface area contributed by atoms with Crippen LogP contribution < -0.4 is 16.8 Å². The Morgan fingerprint density at radius 3 is 2.30 bits per heavy atom. The van der Waals surface area contributed by atoms with Crippen LogP contribution in [0.3, 0.4) is 0 Å². The number of halogens is 1. The first kappa shape index (κ1) is 17.8. The molecule has 126 valence electrons. The van der Waals surface area contributed by atoms with Gasteiger partial charge in [-0.05, 0) is 55.7 Å². The van der Waals surface area contributed by atoms with E-state index in [1.807, 2.05) is 0 Å². The van der Waals surface area contributed by atoms with Crippen molar-refractivity contribution in [2.45, 2.75) is 44.2 Å². The zero-order valence-corrected chi connectivity index (χ0v) is 13.9. The number of rotatable bonds is 3. The lowest BCUT2D eigenvalue weighted by atomic mass is 9.67. The number of hydrogen-bond donors (Lipinski definition) is 3. The molecule has 2 aliphatic rings. The van der Waals surface area contributed by atoms with Gasteiger partial charge in [0.2, 0.25) is 5.91 Å². The molecule has 5 N–H and O–H groups in total. The summed E-state index contributed by atoms with van der Waals surface area (Å²) in [6.07, 6.45) is 5.48. The molecular weight excluding hydrogens is 314 g/mol. The number of carbonyl (C=O) groups is 2. The van der Waals surface area contributed by atoms with E-state index in [0.29, 0.717) is 23.0 Å². The SMILES string of the molecule is Cl.NC(=O)c1cccc(C(=O)NC2C3CCCC2CC(N)C3)c1. The monoisotopic (exact) mass is 337 g/mol. The molecule has 2 aliphatic carbocycles. The van der Waals surface area contributed by atoms with Gasteiger partial charge in [-0.25, -0.2) is 0 Å². The summed E-state index contributed by atoms with van der Waals surface area (Å²) in [6, 6.07) is 7.05. The Kier molecular flexibility index (Phi) is 5.65. The highest BCUT2D eigenvalue weighted by Crippen LogP contribution is 2.39. The Morgan fingerprint density at radius 1 is 1.09 bits per heavy atom. The quantitative estimate of drug-likeness (QED) is 0.784. The molecule has 0 aromatic heterocycles. The molecule has 2 amide bonds. The molecule has 3 rings (SSSR count). The molecule has 1 aromatic rings. The van der Waals surface area contributed by atoms with Gasteiger partial charge in [0, 0.05) is 23.2 Å². The third-order valence-corrected chi connectivity index (χ3v) is 5.08. The maximum absolute atomic E-state index is 12.5. The first-order valence-corrected chi connectivity index (χ1v) is 8.01. The third-order valence-electron chi connectivity index (χ3n) is 5.08. The van der Waals surface area contributed by atoms with E-state index in [4.69, 9.17) is 11.5 Å². The van der Waals surface area contributed by atoms with Crippen molar-refractivity contribution in [1.82, 2.24) is 5.32 Å². The van der Waals surface area contributed by atoms with Gasteiger partial charge in [0.15, 0.2) is 0 Å². The fraction of sp³-hybridized carbons (Fsp3) is 0.529. The summed E-state index contributed by atoms with van der Waals surface area (Å²) in [6.45, 7) is 0. The van der Waals surface area contributed by atoms with Crippen molar-refractivity contribution in [3.8, 4) is 0 Å². The molecule has 0 heterocycles. The highest BCUT2D eigenvalue weighted by Gasteiger charge is 2.39. The molecule has 0 aliphatic heterocycles. The van der Waals surface area contributed by atoms with Crippen molar-refractivity contribution in [2.24, 2.45) is 23.3 Å². The summed E-state index contributed by atoms with van der Waals surface area (Å²) in [7, 11) is 0. The molecule has 0 saturated heterocycles. The van der Waals surface area contributed by atoms with Crippen LogP contribution in [0.25, 0.3) is 0 Å². The zero-order chi connectivity index (χ0) is 15.7. The zero-order valence-electron chi connectivity index (χ0n) is 13.0. The second kappa shape index (κ2) is 7.32. The number of benzene rings is 1. The van der Waals surface area contributed by atoms with E-state index >= 15 is 0 Å². The second-order valence-electron chi connectivity index (χ2n) is 6.63. The van der Waals surface area contributed by atoms with Crippen LogP contribution in [0.1, 0.15) is 52.8 Å². The molecule has 5 nitrogen and oxygen atoms in total. The standard InChI is InChI=1S/C17H23N3O2.ClH/c18-14-8-10-3-1-4-11(9-14)15(10)20-17(22)13-6-2-5-12(7-13)16(19)21;/h2,5-7,10-11,14-15H,1,3-4,8-9,18H2,(H2,19,21)(H,20,22);1H. The molecule has 23 heavy (non-hydrogen) atoms. The van der Waals surface area contributed by atoms with Crippen LogP contribution in [0, 0.1) is 11.8 Å². The second-order valence-corrected chi connectivity index (χ2v) is 6.63. The van der Waals surface area contributed by atoms with E-state index in [-0.39, 0.29) is 30.4 Å². The van der Waals surface area contributed by atoms with Gasteiger partial charge in [-0.3, -0.25) is 9.59 Å². The minimum absolute atomic E-state index is 0. The minimum atomic E-state index is -0.518. The number of carbonyl (C=O) groups excluding carboxylic acids is 2. The lowest BCUT2D eigenvalue weighted by molar-refractivity contribution is 0.0756. The first-order chi connectivity index (χ1) is 10.5. The van der Waals surface area contributed by atoms with Crippen molar-refractivity contribution in [3.63, 3.8) is 0 Å². The fourth-order valence-electron chi connectivity index (χ4n) is 4.07. The normalized spacial score (nSPS) is 29.3. The highest BCUT2D eigenvalue weighted by atomic mass is 35.5. The topological polar surface area (TPSA) is 98.2 Å². The van der Waals surface area contributed by atoms with Crippen LogP contribution in [0.5, 0.6) is 0 Å². The molecule has 2 unspecified atom stereocenters. The largest absolute Gasteiger partial charge is 0.366 e. The van der Waals surface area contributed by atoms with Crippen LogP contribution in [0.2, 0.25) is 0 Å². The van der Waals surface area contributed by atoms with Crippen LogP contribution in [-0.4, -0.2) is 23.9 Å². The highest BCUT2D eigenvalue weighted by molar-refractivity contribution is 5.99. The third kappa shape index (κ3) is 3.85. The van der Waals surface area contributed by atoms with Crippen LogP contribution in [0.15, 0.2) is 24.3 Å². The number of fused-ring (bicyclic) bond motifs is 2. The van der Waals surface area contributed by atoms with Crippen molar-refractivity contribution in [3.05, 3.63) is 35.4 Å². The number of nitrogens with two attached hydrogens (primary N) is 2. The van der Waals surface area contributed by atoms with E-state index < -0.39 is 5.91 Å². The van der Waals surface area contributed by atoms with Crippen LogP contribution in [0.4, 0.5) is 0 Å². The van der Waals surface area contributed by atoms with Crippen LogP contribution in [-0.2, 0) is 0 Å². The lowest BCUT2D eigenvalue weighted by Gasteiger charge is -2.45. The predicted octanol–water partition coefficient (Wildman–Crippen LogP) is 1.84. The van der Waals surface area contributed by atoms with Crippen molar-refractivity contribution < 1.29 is 9.59 Å². The summed E-state index contributed by atoms with van der Waals surface area (Å²) < 4.78 is 0. The van der Waals surface area contributed by atoms with Gasteiger partial charge in [-0.15, -0.1) is 12.4 Å². The van der Waals surface area contributed by atoms with Gasteiger partial charge >= 0.3 is 0 Å². The van der Waals surface area contributed by atoms with Crippen molar-refractivity contribution in [2.75, 3.05) is 0 Å². The van der Waals surface area contributed by atoms with E-state index in [1.165, 1.54) is 6.42 Å². The molecule has 2 bridgehead atoms. The van der Waals surface area contributed by atoms with Crippen molar-refractivity contribution in [1.29, 1.82) is 0 Å². The molecule has 1 aromatic carbocycles. The van der Waals surface area contributed by atoms with Gasteiger partial charge < -0.3 is 16.8 Å². The van der Waals surface area contributed by atoms with Gasteiger partial charge in [0.25, 0.3) is 5.91 Å². The average molecular weight is 338 g/mol. The molecular formula is C17H24ClN3O2. The molecule has 2 saturated carbocycles. The Bertz CT molecular complexity index is 579. The smallest absolute Gasteiger partial charge is 0.251 e. The van der Waals surface area contributed by atoms with Gasteiger partial charge in [0.05, 0.1) is 0 Å². The van der Waals surface area contributed by atoms with E-state index in [9.17, 15) is 9.59 Å². The van der Waals surface area contributed by atoms with Gasteiger partial charge in [-0.1, -0.05) is 12.5 Å². The van der Waals surface area contributed by atoms with E-state index in [2.05, 4.69) is 5.32 Å². The number of hydrogen-bond acceptors (Lipinski definition) is 3. The maximum Gasteiger partial charge on any atom is 0.251 e. The first-order valence-electron chi connectivity index (χ1n) is 8.01. The van der Waals surface area contributed by atoms with Gasteiger partial charge in [-0.2, -0.15) is 0 Å². The molecule has 2 atom stereocenters. The number of primary amides is 1. The number of amides is 2. The molecule has 2 fully saturated rings. The predicted molar refractivity (Wildman–Crippen MR) is 91.5 cm³/mol. The molecule has 6 heteroatoms. The Balaban J connectivity index is 0.00000192. The van der Waals surface area contributed by atoms with Crippen LogP contribution >= 0.6 is 12.4 Å². The summed E-state index contributed by atoms with van der Waals surface area (Å²) in [5.41, 5.74) is 12.2. The van der Waals surface area contributed by atoms with Crippen molar-refractivity contribution >= 4 is 24.2 Å². The Morgan fingerprint density at radius 2 is 1.70 bits per heavy atom. The Hall–Kier alpha value is -1.59. The van der Waals surface area contributed by atoms with Gasteiger partial charge in [0.1, 0.15) is 0 Å². The summed E-state index contributed by atoms with van der Waals surface area (Å²) in [5, 5.41) is 3.18. The average Bonchev–Trinajstić information content (AvgIpc) is 2.48. The summed E-state index contributed by atoms with van der Waals surface area (Å²) in [4.78, 5) is 23.7. The van der Waals surface area contributed by atoms with E-state index in [0.717, 1.165) is 25.7 Å². The molecule has 0 spiro atoms. The van der Waals surface area contributed by atoms with E-state index in [1.54, 1.807) is 24.3 Å². The Labute approximate surface area is 142 Å². The summed E-state index contributed by atoms with van der Waals surface area (Å²) >= 11 is 0.